The molecule has 0 aromatic carbocycles. The van der Waals surface area contributed by atoms with Crippen LogP contribution in [0.1, 0.15) is 0 Å². The van der Waals surface area contributed by atoms with Crippen LogP contribution in [-0.4, -0.2) is 120 Å². The molecule has 12 nitrogen and oxygen atoms in total. The average Bonchev–Trinajstić information content (AvgIpc) is 2.55. The van der Waals surface area contributed by atoms with Crippen molar-refractivity contribution in [2.24, 2.45) is 0 Å². The Labute approximate surface area is 135 Å². The zero-order valence-electron chi connectivity index (χ0n) is 12.4. The Morgan fingerprint density at radius 2 is 1.38 bits per heavy atom. The highest BCUT2D eigenvalue weighted by Gasteiger charge is 2.55. The van der Waals surface area contributed by atoms with Crippen molar-refractivity contribution in [3.05, 3.63) is 0 Å². The summed E-state index contributed by atoms with van der Waals surface area (Å²) in [6.07, 6.45) is -15.4. The molecule has 9 atom stereocenters. The lowest BCUT2D eigenvalue weighted by molar-refractivity contribution is -0.446. The lowest BCUT2D eigenvalue weighted by atomic mass is 9.96. The minimum absolute atomic E-state index is 0.711. The van der Waals surface area contributed by atoms with E-state index >= 15 is 0 Å². The second kappa shape index (κ2) is 7.41. The second-order valence-electron chi connectivity index (χ2n) is 5.73. The van der Waals surface area contributed by atoms with Crippen LogP contribution in [0.4, 0.5) is 0 Å². The number of rotatable bonds is 4. The monoisotopic (exact) mass is 358 g/mol. The zero-order valence-corrected chi connectivity index (χ0v) is 12.4. The Morgan fingerprint density at radius 3 is 1.92 bits per heavy atom. The highest BCUT2D eigenvalue weighted by molar-refractivity contribution is 4.95. The van der Waals surface area contributed by atoms with Gasteiger partial charge in [-0.25, -0.2) is 0 Å². The van der Waals surface area contributed by atoms with Gasteiger partial charge >= 0.3 is 5.97 Å². The van der Waals surface area contributed by atoms with Crippen LogP contribution in [0.25, 0.3) is 0 Å². The number of hydrogen-bond donors (Lipinski definition) is 9. The fourth-order valence-corrected chi connectivity index (χ4v) is 2.63. The predicted molar refractivity (Wildman–Crippen MR) is 69.8 cm³/mol. The van der Waals surface area contributed by atoms with Crippen molar-refractivity contribution in [3.63, 3.8) is 0 Å². The maximum atomic E-state index is 9.95. The van der Waals surface area contributed by atoms with Crippen LogP contribution in [0.5, 0.6) is 0 Å². The van der Waals surface area contributed by atoms with E-state index in [4.69, 9.17) is 14.6 Å². The number of aliphatic hydroxyl groups is 9. The fourth-order valence-electron chi connectivity index (χ4n) is 2.63. The molecular formula is C12H22O12. The Balaban J connectivity index is 2.15. The first-order valence-corrected chi connectivity index (χ1v) is 7.19. The van der Waals surface area contributed by atoms with Gasteiger partial charge in [-0.2, -0.15) is 0 Å². The van der Waals surface area contributed by atoms with E-state index in [9.17, 15) is 40.9 Å². The molecule has 24 heavy (non-hydrogen) atoms. The van der Waals surface area contributed by atoms with Gasteiger partial charge in [-0.3, -0.25) is 0 Å². The normalized spacial score (nSPS) is 49.1. The molecule has 2 fully saturated rings. The Kier molecular flexibility index (Phi) is 6.12. The summed E-state index contributed by atoms with van der Waals surface area (Å²) in [5.74, 6) is -3.14. The SMILES string of the molecule is OC[C@H]1O[C@@H](O[C@H]2[C@H](O)[C@@H](O)C(O)(O)O[C@@H]2CO)[C@H](O)[C@@H](O)[C@H]1O. The van der Waals surface area contributed by atoms with E-state index in [2.05, 4.69) is 4.74 Å². The van der Waals surface area contributed by atoms with E-state index in [-0.39, 0.29) is 0 Å². The van der Waals surface area contributed by atoms with Crippen LogP contribution in [0, 0.1) is 0 Å². The van der Waals surface area contributed by atoms with E-state index in [1.165, 1.54) is 0 Å². The summed E-state index contributed by atoms with van der Waals surface area (Å²) in [4.78, 5) is 0. The third-order valence-electron chi connectivity index (χ3n) is 4.06. The molecule has 12 heteroatoms. The molecule has 2 aliphatic rings. The molecule has 0 aliphatic carbocycles. The first-order valence-electron chi connectivity index (χ1n) is 7.19. The Morgan fingerprint density at radius 1 is 0.792 bits per heavy atom. The van der Waals surface area contributed by atoms with Gasteiger partial charge in [0, 0.05) is 0 Å². The van der Waals surface area contributed by atoms with Crippen LogP contribution in [0.15, 0.2) is 0 Å². The topological polar surface area (TPSA) is 210 Å². The molecule has 2 aliphatic heterocycles. The maximum Gasteiger partial charge on any atom is 0.308 e. The molecule has 2 saturated heterocycles. The lowest BCUT2D eigenvalue weighted by Gasteiger charge is -2.47. The lowest BCUT2D eigenvalue weighted by Crippen LogP contribution is -2.68. The van der Waals surface area contributed by atoms with Crippen molar-refractivity contribution in [2.75, 3.05) is 13.2 Å². The van der Waals surface area contributed by atoms with E-state index in [0.29, 0.717) is 0 Å². The van der Waals surface area contributed by atoms with Crippen LogP contribution >= 0.6 is 0 Å². The van der Waals surface area contributed by atoms with Crippen LogP contribution in [-0.2, 0) is 14.2 Å². The molecule has 0 aromatic rings. The van der Waals surface area contributed by atoms with Crippen LogP contribution in [0.2, 0.25) is 0 Å². The predicted octanol–water partition coefficient (Wildman–Crippen LogP) is -6.08. The molecule has 9 N–H and O–H groups in total. The minimum Gasteiger partial charge on any atom is -0.394 e. The minimum atomic E-state index is -3.14. The van der Waals surface area contributed by atoms with Gasteiger partial charge in [-0.15, -0.1) is 0 Å². The van der Waals surface area contributed by atoms with E-state index < -0.39 is 74.3 Å². The summed E-state index contributed by atoms with van der Waals surface area (Å²) in [6, 6.07) is 0. The van der Waals surface area contributed by atoms with Gasteiger partial charge in [0.15, 0.2) is 12.4 Å². The summed E-state index contributed by atoms with van der Waals surface area (Å²) in [7, 11) is 0. The van der Waals surface area contributed by atoms with Gasteiger partial charge in [0.25, 0.3) is 0 Å². The van der Waals surface area contributed by atoms with Crippen molar-refractivity contribution in [1.29, 1.82) is 0 Å². The molecule has 0 saturated carbocycles. The third kappa shape index (κ3) is 3.55. The van der Waals surface area contributed by atoms with Crippen LogP contribution < -0.4 is 0 Å². The summed E-state index contributed by atoms with van der Waals surface area (Å²) in [5, 5.41) is 85.9. The molecule has 0 bridgehead atoms. The molecule has 0 amide bonds. The standard InChI is InChI=1S/C12H22O12/c13-1-3-5(15)6(16)7(17)11(22-3)23-9-4(2-14)24-12(20,21)10(19)8(9)18/h3-11,13-21H,1-2H2/t3-,4-,5+,6+,7-,8+,9-,10-,11+/m1/s1. The summed E-state index contributed by atoms with van der Waals surface area (Å²) < 4.78 is 14.9. The maximum absolute atomic E-state index is 9.95. The molecule has 2 rings (SSSR count). The van der Waals surface area contributed by atoms with Crippen LogP contribution in [0.3, 0.4) is 0 Å². The van der Waals surface area contributed by atoms with Gasteiger partial charge in [-0.05, 0) is 0 Å². The fraction of sp³-hybridized carbons (Fsp3) is 1.00. The Hall–Kier alpha value is -0.480. The van der Waals surface area contributed by atoms with E-state index in [1.807, 2.05) is 0 Å². The van der Waals surface area contributed by atoms with Crippen molar-refractivity contribution in [3.8, 4) is 0 Å². The summed E-state index contributed by atoms with van der Waals surface area (Å²) >= 11 is 0. The molecular weight excluding hydrogens is 336 g/mol. The van der Waals surface area contributed by atoms with Gasteiger partial charge in [0.2, 0.25) is 0 Å². The quantitative estimate of drug-likeness (QED) is 0.215. The molecule has 0 radical (unpaired) electrons. The van der Waals surface area contributed by atoms with Crippen molar-refractivity contribution >= 4 is 0 Å². The smallest absolute Gasteiger partial charge is 0.308 e. The first-order chi connectivity index (χ1) is 11.1. The number of ether oxygens (including phenoxy) is 3. The largest absolute Gasteiger partial charge is 0.394 e. The van der Waals surface area contributed by atoms with Crippen molar-refractivity contribution < 1.29 is 60.2 Å². The second-order valence-corrected chi connectivity index (χ2v) is 5.73. The third-order valence-corrected chi connectivity index (χ3v) is 4.06. The van der Waals surface area contributed by atoms with E-state index in [0.717, 1.165) is 0 Å². The first kappa shape index (κ1) is 19.8. The van der Waals surface area contributed by atoms with Gasteiger partial charge < -0.3 is 60.2 Å². The molecule has 0 aromatic heterocycles. The van der Waals surface area contributed by atoms with E-state index in [1.54, 1.807) is 0 Å². The average molecular weight is 358 g/mol. The molecule has 0 unspecified atom stereocenters. The Bertz CT molecular complexity index is 415. The number of aliphatic hydroxyl groups excluding tert-OH is 7. The van der Waals surface area contributed by atoms with Gasteiger partial charge in [-0.1, -0.05) is 0 Å². The number of hydrogen-bond acceptors (Lipinski definition) is 12. The molecule has 2 heterocycles. The van der Waals surface area contributed by atoms with Gasteiger partial charge in [0.1, 0.15) is 42.7 Å². The highest BCUT2D eigenvalue weighted by atomic mass is 16.8. The van der Waals surface area contributed by atoms with Gasteiger partial charge in [0.05, 0.1) is 13.2 Å². The molecule has 142 valence electrons. The highest BCUT2D eigenvalue weighted by Crippen LogP contribution is 2.31. The van der Waals surface area contributed by atoms with Crippen molar-refractivity contribution in [1.82, 2.24) is 0 Å². The zero-order chi connectivity index (χ0) is 18.2. The molecule has 0 spiro atoms. The van der Waals surface area contributed by atoms with Crippen molar-refractivity contribution in [2.45, 2.75) is 61.1 Å². The summed E-state index contributed by atoms with van der Waals surface area (Å²) in [6.45, 7) is -1.56. The summed E-state index contributed by atoms with van der Waals surface area (Å²) in [5.41, 5.74) is 0.